The summed E-state index contributed by atoms with van der Waals surface area (Å²) in [5, 5.41) is 9.49. The lowest BCUT2D eigenvalue weighted by molar-refractivity contribution is -0.149. The third-order valence-electron chi connectivity index (χ3n) is 5.26. The molecule has 0 amide bonds. The Kier molecular flexibility index (Phi) is 4.31. The largest absolute Gasteiger partial charge is 0.480 e. The van der Waals surface area contributed by atoms with Crippen LogP contribution in [0.3, 0.4) is 0 Å². The minimum Gasteiger partial charge on any atom is -0.480 e. The highest BCUT2D eigenvalue weighted by atomic mass is 16.4. The monoisotopic (exact) mass is 253 g/mol. The van der Waals surface area contributed by atoms with Crippen LogP contribution in [0.2, 0.25) is 0 Å². The zero-order chi connectivity index (χ0) is 13.3. The molecule has 3 nitrogen and oxygen atoms in total. The highest BCUT2D eigenvalue weighted by Crippen LogP contribution is 2.36. The first kappa shape index (κ1) is 13.9. The molecule has 104 valence electrons. The number of hydrogen-bond donors (Lipinski definition) is 1. The molecule has 2 aliphatic rings. The number of likely N-dealkylation sites (tertiary alicyclic amines) is 1. The maximum atomic E-state index is 11.5. The minimum atomic E-state index is -0.617. The molecule has 1 N–H and O–H groups in total. The zero-order valence-electron chi connectivity index (χ0n) is 11.9. The van der Waals surface area contributed by atoms with Crippen LogP contribution >= 0.6 is 0 Å². The third kappa shape index (κ3) is 2.71. The fourth-order valence-electron chi connectivity index (χ4n) is 3.83. The summed E-state index contributed by atoms with van der Waals surface area (Å²) < 4.78 is 0. The second-order valence-electron chi connectivity index (χ2n) is 6.56. The molecular formula is C15H27NO2. The molecule has 5 unspecified atom stereocenters. The van der Waals surface area contributed by atoms with E-state index < -0.39 is 5.97 Å². The number of carboxylic acids is 1. The van der Waals surface area contributed by atoms with Crippen LogP contribution in [0.1, 0.15) is 52.9 Å². The summed E-state index contributed by atoms with van der Waals surface area (Å²) in [5.74, 6) is 1.21. The summed E-state index contributed by atoms with van der Waals surface area (Å²) in [6.07, 6.45) is 5.83. The summed E-state index contributed by atoms with van der Waals surface area (Å²) >= 11 is 0. The maximum Gasteiger partial charge on any atom is 0.321 e. The average molecular weight is 253 g/mol. The van der Waals surface area contributed by atoms with Crippen molar-refractivity contribution in [1.29, 1.82) is 0 Å². The standard InChI is InChI=1S/C15H27NO2/c1-10-6-7-13(9-12(10)3)16-8-4-5-11(2)14(16)15(17)18/h10-14H,4-9H2,1-3H3,(H,17,18). The first-order valence-corrected chi connectivity index (χ1v) is 7.49. The molecule has 0 aromatic heterocycles. The fourth-order valence-corrected chi connectivity index (χ4v) is 3.83. The normalized spacial score (nSPS) is 42.7. The summed E-state index contributed by atoms with van der Waals surface area (Å²) in [6.45, 7) is 7.72. The van der Waals surface area contributed by atoms with Crippen LogP contribution in [0.5, 0.6) is 0 Å². The molecular weight excluding hydrogens is 226 g/mol. The molecule has 1 aliphatic heterocycles. The van der Waals surface area contributed by atoms with Crippen molar-refractivity contribution in [3.8, 4) is 0 Å². The van der Waals surface area contributed by atoms with E-state index in [0.29, 0.717) is 12.0 Å². The van der Waals surface area contributed by atoms with Gasteiger partial charge in [-0.2, -0.15) is 0 Å². The lowest BCUT2D eigenvalue weighted by Crippen LogP contribution is -2.55. The maximum absolute atomic E-state index is 11.5. The Hall–Kier alpha value is -0.570. The lowest BCUT2D eigenvalue weighted by atomic mass is 9.77. The Morgan fingerprint density at radius 2 is 1.78 bits per heavy atom. The predicted molar refractivity (Wildman–Crippen MR) is 72.5 cm³/mol. The van der Waals surface area contributed by atoms with Crippen LogP contribution < -0.4 is 0 Å². The van der Waals surface area contributed by atoms with Gasteiger partial charge < -0.3 is 5.11 Å². The molecule has 2 fully saturated rings. The molecule has 0 spiro atoms. The van der Waals surface area contributed by atoms with Crippen LogP contribution in [-0.2, 0) is 4.79 Å². The summed E-state index contributed by atoms with van der Waals surface area (Å²) in [7, 11) is 0. The second kappa shape index (κ2) is 5.60. The Labute approximate surface area is 111 Å². The molecule has 5 atom stereocenters. The number of nitrogens with zero attached hydrogens (tertiary/aromatic N) is 1. The van der Waals surface area contributed by atoms with Crippen molar-refractivity contribution in [2.24, 2.45) is 17.8 Å². The molecule has 0 radical (unpaired) electrons. The van der Waals surface area contributed by atoms with Crippen LogP contribution in [0.15, 0.2) is 0 Å². The average Bonchev–Trinajstić information content (AvgIpc) is 2.32. The van der Waals surface area contributed by atoms with Crippen molar-refractivity contribution in [2.45, 2.75) is 65.0 Å². The summed E-state index contributed by atoms with van der Waals surface area (Å²) in [6, 6.07) is 0.254. The van der Waals surface area contributed by atoms with Gasteiger partial charge in [-0.1, -0.05) is 20.8 Å². The molecule has 2 rings (SSSR count). The van der Waals surface area contributed by atoms with E-state index >= 15 is 0 Å². The Balaban J connectivity index is 2.07. The number of piperidine rings is 1. The molecule has 1 saturated heterocycles. The van der Waals surface area contributed by atoms with Crippen LogP contribution in [0, 0.1) is 17.8 Å². The first-order valence-electron chi connectivity index (χ1n) is 7.49. The van der Waals surface area contributed by atoms with Crippen LogP contribution in [0.4, 0.5) is 0 Å². The molecule has 1 saturated carbocycles. The fraction of sp³-hybridized carbons (Fsp3) is 0.933. The van der Waals surface area contributed by atoms with Crippen molar-refractivity contribution in [3.05, 3.63) is 0 Å². The van der Waals surface area contributed by atoms with Gasteiger partial charge in [-0.3, -0.25) is 9.69 Å². The van der Waals surface area contributed by atoms with Gasteiger partial charge >= 0.3 is 5.97 Å². The van der Waals surface area contributed by atoms with Crippen molar-refractivity contribution >= 4 is 5.97 Å². The van der Waals surface area contributed by atoms with Crippen LogP contribution in [0.25, 0.3) is 0 Å². The van der Waals surface area contributed by atoms with E-state index in [0.717, 1.165) is 31.2 Å². The van der Waals surface area contributed by atoms with Gasteiger partial charge in [0.25, 0.3) is 0 Å². The summed E-state index contributed by atoms with van der Waals surface area (Å²) in [4.78, 5) is 13.8. The van der Waals surface area contributed by atoms with Gasteiger partial charge in [0.2, 0.25) is 0 Å². The van der Waals surface area contributed by atoms with E-state index in [-0.39, 0.29) is 6.04 Å². The highest BCUT2D eigenvalue weighted by molar-refractivity contribution is 5.74. The number of rotatable bonds is 2. The van der Waals surface area contributed by atoms with Gasteiger partial charge in [-0.25, -0.2) is 0 Å². The van der Waals surface area contributed by atoms with E-state index in [1.165, 1.54) is 19.3 Å². The molecule has 0 aromatic carbocycles. The van der Waals surface area contributed by atoms with Crippen molar-refractivity contribution < 1.29 is 9.90 Å². The Morgan fingerprint density at radius 3 is 2.39 bits per heavy atom. The number of hydrogen-bond acceptors (Lipinski definition) is 2. The lowest BCUT2D eigenvalue weighted by Gasteiger charge is -2.45. The number of carboxylic acid groups (broad SMARTS) is 1. The van der Waals surface area contributed by atoms with Gasteiger partial charge in [-0.15, -0.1) is 0 Å². The number of carbonyl (C=O) groups is 1. The van der Waals surface area contributed by atoms with Crippen LogP contribution in [-0.4, -0.2) is 34.6 Å². The smallest absolute Gasteiger partial charge is 0.321 e. The van der Waals surface area contributed by atoms with Gasteiger partial charge in [0.15, 0.2) is 0 Å². The van der Waals surface area contributed by atoms with E-state index in [2.05, 4.69) is 25.7 Å². The molecule has 1 heterocycles. The quantitative estimate of drug-likeness (QED) is 0.822. The summed E-state index contributed by atoms with van der Waals surface area (Å²) in [5.41, 5.74) is 0. The molecule has 18 heavy (non-hydrogen) atoms. The van der Waals surface area contributed by atoms with E-state index in [1.807, 2.05) is 0 Å². The zero-order valence-corrected chi connectivity index (χ0v) is 11.9. The molecule has 3 heteroatoms. The minimum absolute atomic E-state index is 0.246. The van der Waals surface area contributed by atoms with E-state index in [9.17, 15) is 9.90 Å². The highest BCUT2D eigenvalue weighted by Gasteiger charge is 2.39. The number of aliphatic carboxylic acids is 1. The van der Waals surface area contributed by atoms with Gasteiger partial charge in [0.05, 0.1) is 0 Å². The Bertz CT molecular complexity index is 305. The van der Waals surface area contributed by atoms with E-state index in [4.69, 9.17) is 0 Å². The first-order chi connectivity index (χ1) is 8.50. The predicted octanol–water partition coefficient (Wildman–Crippen LogP) is 3.00. The third-order valence-corrected chi connectivity index (χ3v) is 5.26. The van der Waals surface area contributed by atoms with Gasteiger partial charge in [-0.05, 0) is 56.4 Å². The van der Waals surface area contributed by atoms with Crippen molar-refractivity contribution in [1.82, 2.24) is 4.90 Å². The molecule has 1 aliphatic carbocycles. The molecule has 0 bridgehead atoms. The molecule has 0 aromatic rings. The topological polar surface area (TPSA) is 40.5 Å². The SMILES string of the molecule is CC1CCC(N2CCCC(C)C2C(=O)O)CC1C. The van der Waals surface area contributed by atoms with E-state index in [1.54, 1.807) is 0 Å². The van der Waals surface area contributed by atoms with Crippen molar-refractivity contribution in [2.75, 3.05) is 6.54 Å². The van der Waals surface area contributed by atoms with Crippen molar-refractivity contribution in [3.63, 3.8) is 0 Å². The second-order valence-corrected chi connectivity index (χ2v) is 6.56. The Morgan fingerprint density at radius 1 is 1.06 bits per heavy atom. The van der Waals surface area contributed by atoms with Gasteiger partial charge in [0.1, 0.15) is 6.04 Å². The van der Waals surface area contributed by atoms with Gasteiger partial charge in [0, 0.05) is 6.04 Å².